The molecule has 1 aromatic heterocycles. The van der Waals surface area contributed by atoms with Crippen molar-refractivity contribution in [1.82, 2.24) is 10.6 Å². The molecule has 0 aliphatic carbocycles. The van der Waals surface area contributed by atoms with Gasteiger partial charge in [-0.25, -0.2) is 0 Å². The van der Waals surface area contributed by atoms with Gasteiger partial charge in [0.25, 0.3) is 0 Å². The van der Waals surface area contributed by atoms with E-state index in [2.05, 4.69) is 10.6 Å². The van der Waals surface area contributed by atoms with Crippen LogP contribution in [0.3, 0.4) is 0 Å². The average Bonchev–Trinajstić information content (AvgIpc) is 3.31. The van der Waals surface area contributed by atoms with Gasteiger partial charge in [-0.1, -0.05) is 0 Å². The van der Waals surface area contributed by atoms with E-state index in [0.717, 1.165) is 63.7 Å². The summed E-state index contributed by atoms with van der Waals surface area (Å²) in [5.74, 6) is 1.82. The summed E-state index contributed by atoms with van der Waals surface area (Å²) < 4.78 is 16.8. The third kappa shape index (κ3) is 7.53. The van der Waals surface area contributed by atoms with E-state index in [1.807, 2.05) is 12.1 Å². The van der Waals surface area contributed by atoms with Gasteiger partial charge in [0.1, 0.15) is 5.76 Å². The Labute approximate surface area is 167 Å². The molecule has 1 aromatic rings. The summed E-state index contributed by atoms with van der Waals surface area (Å²) in [7, 11) is 0. The lowest BCUT2D eigenvalue weighted by Gasteiger charge is -2.24. The molecule has 6 nitrogen and oxygen atoms in total. The molecule has 2 atom stereocenters. The molecule has 2 saturated heterocycles. The van der Waals surface area contributed by atoms with E-state index in [4.69, 9.17) is 18.9 Å². The van der Waals surface area contributed by atoms with Gasteiger partial charge >= 0.3 is 0 Å². The van der Waals surface area contributed by atoms with Gasteiger partial charge < -0.3 is 24.5 Å². The van der Waals surface area contributed by atoms with Crippen LogP contribution < -0.4 is 10.6 Å². The minimum absolute atomic E-state index is 0. The molecule has 2 aliphatic heterocycles. The zero-order valence-corrected chi connectivity index (χ0v) is 17.1. The first-order valence-electron chi connectivity index (χ1n) is 9.18. The maximum absolute atomic E-state index is 5.78. The number of aliphatic imine (C=N–C) groups is 1. The second kappa shape index (κ2) is 11.7. The molecular weight excluding hydrogens is 433 g/mol. The minimum atomic E-state index is 0. The Morgan fingerprint density at radius 1 is 1.08 bits per heavy atom. The van der Waals surface area contributed by atoms with E-state index < -0.39 is 0 Å². The summed E-state index contributed by atoms with van der Waals surface area (Å²) >= 11 is 0. The molecule has 0 spiro atoms. The zero-order valence-electron chi connectivity index (χ0n) is 14.7. The Balaban J connectivity index is 0.00000225. The van der Waals surface area contributed by atoms with Crippen molar-refractivity contribution < 1.29 is 13.9 Å². The molecule has 25 heavy (non-hydrogen) atoms. The van der Waals surface area contributed by atoms with E-state index in [1.165, 1.54) is 12.8 Å². The van der Waals surface area contributed by atoms with Crippen molar-refractivity contribution in [3.63, 3.8) is 0 Å². The highest BCUT2D eigenvalue weighted by atomic mass is 127. The highest BCUT2D eigenvalue weighted by Crippen LogP contribution is 2.13. The molecule has 0 saturated carbocycles. The number of guanidine groups is 1. The number of nitrogens with one attached hydrogen (secondary N) is 2. The highest BCUT2D eigenvalue weighted by Gasteiger charge is 2.16. The van der Waals surface area contributed by atoms with Crippen molar-refractivity contribution >= 4 is 29.9 Å². The summed E-state index contributed by atoms with van der Waals surface area (Å²) in [6, 6.07) is 3.91. The first-order chi connectivity index (χ1) is 11.9. The van der Waals surface area contributed by atoms with E-state index in [-0.39, 0.29) is 30.1 Å². The number of ether oxygens (including phenoxy) is 2. The van der Waals surface area contributed by atoms with E-state index in [1.54, 1.807) is 6.26 Å². The zero-order chi connectivity index (χ0) is 16.5. The maximum atomic E-state index is 5.78. The molecule has 2 unspecified atom stereocenters. The fourth-order valence-electron chi connectivity index (χ4n) is 3.09. The molecule has 0 amide bonds. The van der Waals surface area contributed by atoms with Crippen LogP contribution >= 0.6 is 24.0 Å². The lowest BCUT2D eigenvalue weighted by molar-refractivity contribution is 0.0194. The predicted octanol–water partition coefficient (Wildman–Crippen LogP) is 2.72. The van der Waals surface area contributed by atoms with E-state index in [9.17, 15) is 0 Å². The lowest BCUT2D eigenvalue weighted by Crippen LogP contribution is -2.43. The van der Waals surface area contributed by atoms with Crippen LogP contribution in [0.5, 0.6) is 0 Å². The third-order valence-electron chi connectivity index (χ3n) is 4.49. The van der Waals surface area contributed by atoms with Gasteiger partial charge in [-0.15, -0.1) is 24.0 Å². The average molecular weight is 463 g/mol. The van der Waals surface area contributed by atoms with Gasteiger partial charge in [0.05, 0.1) is 25.0 Å². The number of nitrogens with zero attached hydrogens (tertiary/aromatic N) is 1. The summed E-state index contributed by atoms with van der Waals surface area (Å²) in [5.41, 5.74) is 0. The second-order valence-electron chi connectivity index (χ2n) is 6.45. The normalized spacial score (nSPS) is 23.9. The van der Waals surface area contributed by atoms with Gasteiger partial charge in [-0.3, -0.25) is 4.99 Å². The third-order valence-corrected chi connectivity index (χ3v) is 4.49. The topological polar surface area (TPSA) is 68.0 Å². The van der Waals surface area contributed by atoms with E-state index >= 15 is 0 Å². The molecular formula is C18H30IN3O3. The van der Waals surface area contributed by atoms with Gasteiger partial charge in [-0.2, -0.15) is 0 Å². The number of hydrogen-bond donors (Lipinski definition) is 2. The standard InChI is InChI=1S/C18H29N3O3.HI/c1-2-10-23-16(5-1)13-20-18(21-14-17-7-4-12-24-17)19-9-8-15-6-3-11-22-15;/h3,6,11,16-17H,1-2,4-5,7-10,12-14H2,(H2,19,20,21);1H. The SMILES string of the molecule is I.c1coc(CCNC(=NCC2CCCO2)NCC2CCCCO2)c1. The van der Waals surface area contributed by atoms with E-state index in [0.29, 0.717) is 12.6 Å². The van der Waals surface area contributed by atoms with Gasteiger partial charge in [0.15, 0.2) is 5.96 Å². The molecule has 0 aromatic carbocycles. The van der Waals surface area contributed by atoms with Crippen LogP contribution in [0, 0.1) is 0 Å². The number of rotatable bonds is 7. The Morgan fingerprint density at radius 2 is 1.92 bits per heavy atom. The van der Waals surface area contributed by atoms with Crippen molar-refractivity contribution in [3.05, 3.63) is 24.2 Å². The molecule has 3 rings (SSSR count). The Morgan fingerprint density at radius 3 is 2.64 bits per heavy atom. The highest BCUT2D eigenvalue weighted by molar-refractivity contribution is 14.0. The Hall–Kier alpha value is -0.800. The van der Waals surface area contributed by atoms with Crippen LogP contribution in [0.2, 0.25) is 0 Å². The number of hydrogen-bond acceptors (Lipinski definition) is 4. The molecule has 142 valence electrons. The van der Waals surface area contributed by atoms with Gasteiger partial charge in [-0.05, 0) is 44.2 Å². The number of halogens is 1. The summed E-state index contributed by atoms with van der Waals surface area (Å²) in [5, 5.41) is 6.81. The fourth-order valence-corrected chi connectivity index (χ4v) is 3.09. The monoisotopic (exact) mass is 463 g/mol. The Bertz CT molecular complexity index is 484. The Kier molecular flexibility index (Phi) is 9.64. The van der Waals surface area contributed by atoms with Crippen LogP contribution in [0.15, 0.2) is 27.8 Å². The second-order valence-corrected chi connectivity index (χ2v) is 6.45. The predicted molar refractivity (Wildman–Crippen MR) is 109 cm³/mol. The molecule has 7 heteroatoms. The largest absolute Gasteiger partial charge is 0.469 e. The fraction of sp³-hybridized carbons (Fsp3) is 0.722. The molecule has 3 heterocycles. The quantitative estimate of drug-likeness (QED) is 0.370. The molecule has 2 N–H and O–H groups in total. The van der Waals surface area contributed by atoms with Crippen molar-refractivity contribution in [2.24, 2.45) is 4.99 Å². The summed E-state index contributed by atoms with van der Waals surface area (Å²) in [6.07, 6.45) is 8.91. The van der Waals surface area contributed by atoms with Crippen molar-refractivity contribution in [3.8, 4) is 0 Å². The molecule has 2 fully saturated rings. The van der Waals surface area contributed by atoms with Crippen molar-refractivity contribution in [2.45, 2.75) is 50.7 Å². The van der Waals surface area contributed by atoms with Crippen LogP contribution in [0.4, 0.5) is 0 Å². The van der Waals surface area contributed by atoms with Crippen molar-refractivity contribution in [1.29, 1.82) is 0 Å². The van der Waals surface area contributed by atoms with Crippen LogP contribution in [0.25, 0.3) is 0 Å². The first kappa shape index (κ1) is 20.5. The summed E-state index contributed by atoms with van der Waals surface area (Å²) in [4.78, 5) is 4.69. The smallest absolute Gasteiger partial charge is 0.191 e. The summed E-state index contributed by atoms with van der Waals surface area (Å²) in [6.45, 7) is 4.04. The molecule has 0 radical (unpaired) electrons. The van der Waals surface area contributed by atoms with Crippen LogP contribution in [0.1, 0.15) is 37.9 Å². The molecule has 2 aliphatic rings. The van der Waals surface area contributed by atoms with Gasteiger partial charge in [0.2, 0.25) is 0 Å². The lowest BCUT2D eigenvalue weighted by atomic mass is 10.1. The first-order valence-corrected chi connectivity index (χ1v) is 9.18. The van der Waals surface area contributed by atoms with Crippen LogP contribution in [-0.4, -0.2) is 51.0 Å². The number of furan rings is 1. The van der Waals surface area contributed by atoms with Gasteiger partial charge in [0, 0.05) is 32.7 Å². The van der Waals surface area contributed by atoms with Crippen molar-refractivity contribution in [2.75, 3.05) is 32.8 Å². The minimum Gasteiger partial charge on any atom is -0.469 e. The van der Waals surface area contributed by atoms with Crippen LogP contribution in [-0.2, 0) is 15.9 Å². The maximum Gasteiger partial charge on any atom is 0.191 e. The molecule has 0 bridgehead atoms.